The minimum atomic E-state index is -0.723. The Morgan fingerprint density at radius 1 is 1.28 bits per heavy atom. The zero-order valence-electron chi connectivity index (χ0n) is 13.7. The van der Waals surface area contributed by atoms with E-state index in [0.717, 1.165) is 39.4 Å². The largest absolute Gasteiger partial charge is 0.379 e. The van der Waals surface area contributed by atoms with E-state index in [4.69, 9.17) is 4.74 Å². The first-order valence-corrected chi connectivity index (χ1v) is 8.20. The van der Waals surface area contributed by atoms with Gasteiger partial charge in [0, 0.05) is 51.3 Å². The van der Waals surface area contributed by atoms with Crippen molar-refractivity contribution in [2.75, 3.05) is 44.7 Å². The predicted octanol–water partition coefficient (Wildman–Crippen LogP) is 0.0803. The Morgan fingerprint density at radius 3 is 2.76 bits per heavy atom. The molecule has 0 atom stereocenters. The van der Waals surface area contributed by atoms with Crippen LogP contribution in [0, 0.1) is 10.1 Å². The highest BCUT2D eigenvalue weighted by atomic mass is 16.6. The van der Waals surface area contributed by atoms with Crippen molar-refractivity contribution in [1.82, 2.24) is 10.2 Å². The van der Waals surface area contributed by atoms with E-state index in [0.29, 0.717) is 23.4 Å². The van der Waals surface area contributed by atoms with Crippen molar-refractivity contribution in [3.63, 3.8) is 0 Å². The molecule has 0 bridgehead atoms. The number of Topliss-reactive ketones (excluding diaryl/α,β-unsaturated/α-hetero) is 1. The Kier molecular flexibility index (Phi) is 5.37. The minimum absolute atomic E-state index is 0.0281. The maximum atomic E-state index is 11.7. The number of hydrogen-bond acceptors (Lipinski definition) is 7. The molecule has 134 valence electrons. The fourth-order valence-electron chi connectivity index (χ4n) is 3.02. The molecular weight excluding hydrogens is 328 g/mol. The number of hydrogen-bond donors (Lipinski definition) is 2. The molecule has 0 aliphatic carbocycles. The number of fused-ring (bicyclic) bond motifs is 1. The van der Waals surface area contributed by atoms with Crippen LogP contribution >= 0.6 is 0 Å². The summed E-state index contributed by atoms with van der Waals surface area (Å²) in [4.78, 5) is 36.1. The fraction of sp³-hybridized carbons (Fsp3) is 0.500. The molecule has 1 aromatic rings. The summed E-state index contributed by atoms with van der Waals surface area (Å²) >= 11 is 0. The Hall–Kier alpha value is -2.36. The summed E-state index contributed by atoms with van der Waals surface area (Å²) in [5.41, 5.74) is 1.57. The number of carbonyl (C=O) groups excluding carboxylic acids is 2. The average Bonchev–Trinajstić information content (AvgIpc) is 2.60. The third kappa shape index (κ3) is 4.19. The molecule has 1 aromatic carbocycles. The number of nitrogens with one attached hydrogen (secondary N) is 2. The molecule has 2 aliphatic rings. The van der Waals surface area contributed by atoms with Gasteiger partial charge < -0.3 is 15.4 Å². The SMILES string of the molecule is O=C1Cc2c(CNCCN3CCOCC3)cc([N+](=O)[O-])cc2NC1=O. The highest BCUT2D eigenvalue weighted by Crippen LogP contribution is 2.30. The number of nitro benzene ring substituents is 1. The second-order valence-corrected chi connectivity index (χ2v) is 6.07. The van der Waals surface area contributed by atoms with E-state index in [2.05, 4.69) is 15.5 Å². The lowest BCUT2D eigenvalue weighted by atomic mass is 9.95. The number of carbonyl (C=O) groups is 2. The van der Waals surface area contributed by atoms with Crippen molar-refractivity contribution in [2.45, 2.75) is 13.0 Å². The van der Waals surface area contributed by atoms with Crippen LogP contribution in [-0.4, -0.2) is 60.9 Å². The van der Waals surface area contributed by atoms with E-state index in [1.807, 2.05) is 0 Å². The number of rotatable bonds is 6. The van der Waals surface area contributed by atoms with Gasteiger partial charge in [-0.3, -0.25) is 24.6 Å². The fourth-order valence-corrected chi connectivity index (χ4v) is 3.02. The number of anilines is 1. The first-order chi connectivity index (χ1) is 12.0. The standard InChI is InChI=1S/C16H20N4O5/c21-15-9-13-11(10-17-1-2-19-3-5-25-6-4-19)7-12(20(23)24)8-14(13)18-16(15)22/h7-8,17H,1-6,9-10H2,(H,18,22). The minimum Gasteiger partial charge on any atom is -0.379 e. The van der Waals surface area contributed by atoms with Crippen LogP contribution in [0.25, 0.3) is 0 Å². The summed E-state index contributed by atoms with van der Waals surface area (Å²) in [7, 11) is 0. The van der Waals surface area contributed by atoms with E-state index >= 15 is 0 Å². The second-order valence-electron chi connectivity index (χ2n) is 6.07. The van der Waals surface area contributed by atoms with Crippen molar-refractivity contribution in [2.24, 2.45) is 0 Å². The zero-order valence-corrected chi connectivity index (χ0v) is 13.7. The van der Waals surface area contributed by atoms with Crippen LogP contribution in [0.3, 0.4) is 0 Å². The molecule has 2 heterocycles. The van der Waals surface area contributed by atoms with E-state index in [-0.39, 0.29) is 12.1 Å². The quantitative estimate of drug-likeness (QED) is 0.324. The summed E-state index contributed by atoms with van der Waals surface area (Å²) in [6.07, 6.45) is -0.0281. The Morgan fingerprint density at radius 2 is 2.04 bits per heavy atom. The molecule has 1 saturated heterocycles. The van der Waals surface area contributed by atoms with Crippen LogP contribution in [-0.2, 0) is 27.3 Å². The molecule has 9 heteroatoms. The highest BCUT2D eigenvalue weighted by molar-refractivity contribution is 6.42. The molecule has 1 fully saturated rings. The summed E-state index contributed by atoms with van der Waals surface area (Å²) in [6, 6.07) is 2.77. The molecule has 0 saturated carbocycles. The first-order valence-electron chi connectivity index (χ1n) is 8.20. The van der Waals surface area contributed by atoms with Gasteiger partial charge in [0.1, 0.15) is 0 Å². The molecule has 0 unspecified atom stereocenters. The van der Waals surface area contributed by atoms with Gasteiger partial charge in [-0.15, -0.1) is 0 Å². The maximum absolute atomic E-state index is 11.7. The lowest BCUT2D eigenvalue weighted by Crippen LogP contribution is -2.40. The number of amides is 1. The van der Waals surface area contributed by atoms with Crippen LogP contribution in [0.15, 0.2) is 12.1 Å². The van der Waals surface area contributed by atoms with Gasteiger partial charge in [0.25, 0.3) is 11.6 Å². The third-order valence-corrected chi connectivity index (χ3v) is 4.40. The Bertz CT molecular complexity index is 700. The molecule has 2 N–H and O–H groups in total. The van der Waals surface area contributed by atoms with E-state index in [1.54, 1.807) is 0 Å². The van der Waals surface area contributed by atoms with E-state index < -0.39 is 16.6 Å². The normalized spacial score (nSPS) is 17.9. The van der Waals surface area contributed by atoms with Crippen LogP contribution in [0.5, 0.6) is 0 Å². The number of nitro groups is 1. The molecule has 0 aromatic heterocycles. The van der Waals surface area contributed by atoms with Gasteiger partial charge in [-0.2, -0.15) is 0 Å². The highest BCUT2D eigenvalue weighted by Gasteiger charge is 2.27. The van der Waals surface area contributed by atoms with E-state index in [1.165, 1.54) is 12.1 Å². The second kappa shape index (κ2) is 7.68. The Labute approximate surface area is 144 Å². The smallest absolute Gasteiger partial charge is 0.292 e. The lowest BCUT2D eigenvalue weighted by molar-refractivity contribution is -0.384. The summed E-state index contributed by atoms with van der Waals surface area (Å²) < 4.78 is 5.30. The van der Waals surface area contributed by atoms with Crippen LogP contribution in [0.1, 0.15) is 11.1 Å². The van der Waals surface area contributed by atoms with Crippen molar-refractivity contribution < 1.29 is 19.2 Å². The molecule has 2 aliphatic heterocycles. The van der Waals surface area contributed by atoms with Crippen molar-refractivity contribution >= 4 is 23.1 Å². The van der Waals surface area contributed by atoms with Crippen LogP contribution in [0.2, 0.25) is 0 Å². The topological polar surface area (TPSA) is 114 Å². The molecule has 0 spiro atoms. The molecule has 25 heavy (non-hydrogen) atoms. The number of nitrogens with zero attached hydrogens (tertiary/aromatic N) is 2. The molecule has 1 amide bonds. The molecule has 0 radical (unpaired) electrons. The number of ketones is 1. The monoisotopic (exact) mass is 348 g/mol. The van der Waals surface area contributed by atoms with Crippen molar-refractivity contribution in [3.8, 4) is 0 Å². The van der Waals surface area contributed by atoms with Gasteiger partial charge in [-0.05, 0) is 11.1 Å². The van der Waals surface area contributed by atoms with Crippen molar-refractivity contribution in [1.29, 1.82) is 0 Å². The summed E-state index contributed by atoms with van der Waals surface area (Å²) in [5, 5.41) is 16.8. The van der Waals surface area contributed by atoms with Gasteiger partial charge in [0.2, 0.25) is 5.78 Å². The maximum Gasteiger partial charge on any atom is 0.292 e. The first kappa shape index (κ1) is 17.5. The molecule has 9 nitrogen and oxygen atoms in total. The summed E-state index contributed by atoms with van der Waals surface area (Å²) in [6.45, 7) is 5.24. The lowest BCUT2D eigenvalue weighted by Gasteiger charge is -2.26. The summed E-state index contributed by atoms with van der Waals surface area (Å²) in [5.74, 6) is -1.25. The number of benzene rings is 1. The number of ether oxygens (including phenoxy) is 1. The molecule has 3 rings (SSSR count). The van der Waals surface area contributed by atoms with Crippen LogP contribution in [0.4, 0.5) is 11.4 Å². The zero-order chi connectivity index (χ0) is 17.8. The van der Waals surface area contributed by atoms with Gasteiger partial charge in [-0.1, -0.05) is 0 Å². The van der Waals surface area contributed by atoms with Crippen LogP contribution < -0.4 is 10.6 Å². The van der Waals surface area contributed by atoms with E-state index in [9.17, 15) is 19.7 Å². The van der Waals surface area contributed by atoms with Gasteiger partial charge in [0.15, 0.2) is 0 Å². The third-order valence-electron chi connectivity index (χ3n) is 4.40. The van der Waals surface area contributed by atoms with Gasteiger partial charge in [-0.25, -0.2) is 0 Å². The van der Waals surface area contributed by atoms with Gasteiger partial charge in [0.05, 0.1) is 23.8 Å². The number of morpholine rings is 1. The van der Waals surface area contributed by atoms with Gasteiger partial charge >= 0.3 is 0 Å². The van der Waals surface area contributed by atoms with Crippen molar-refractivity contribution in [3.05, 3.63) is 33.4 Å². The Balaban J connectivity index is 1.67. The predicted molar refractivity (Wildman–Crippen MR) is 89.4 cm³/mol. The average molecular weight is 348 g/mol. The molecular formula is C16H20N4O5. The number of non-ortho nitro benzene ring substituents is 1.